The summed E-state index contributed by atoms with van der Waals surface area (Å²) in [7, 11) is 0. The van der Waals surface area contributed by atoms with Gasteiger partial charge in [-0.05, 0) is 17.7 Å². The molecule has 0 saturated carbocycles. The fraction of sp³-hybridized carbons (Fsp3) is 0.800. The Morgan fingerprint density at radius 1 is 1.60 bits per heavy atom. The molecule has 0 amide bonds. The van der Waals surface area contributed by atoms with Gasteiger partial charge in [0.2, 0.25) is 0 Å². The molecule has 1 rings (SSSR count). The molecular formula is C5H11N4O+. The minimum Gasteiger partial charge on any atom is -0.231 e. The van der Waals surface area contributed by atoms with E-state index in [1.807, 2.05) is 0 Å². The second-order valence-corrected chi connectivity index (χ2v) is 2.20. The van der Waals surface area contributed by atoms with E-state index in [0.29, 0.717) is 23.7 Å². The average molecular weight is 143 g/mol. The standard InChI is InChI=1S/C5H11N4O/c6-8-5-3-1-2-4-7-9(5)10/h1-4,6H2,(H,7,10)/q+1. The van der Waals surface area contributed by atoms with Crippen LogP contribution >= 0.6 is 0 Å². The summed E-state index contributed by atoms with van der Waals surface area (Å²) < 4.78 is 0. The predicted octanol–water partition coefficient (Wildman–Crippen LogP) is -0.274. The number of hydrazone groups is 1. The third-order valence-electron chi connectivity index (χ3n) is 1.47. The van der Waals surface area contributed by atoms with E-state index in [9.17, 15) is 4.91 Å². The van der Waals surface area contributed by atoms with Crippen LogP contribution < -0.4 is 11.3 Å². The molecule has 10 heavy (non-hydrogen) atoms. The number of rotatable bonds is 0. The lowest BCUT2D eigenvalue weighted by Crippen LogP contribution is -2.30. The Hall–Kier alpha value is -1.13. The van der Waals surface area contributed by atoms with E-state index < -0.39 is 0 Å². The molecule has 5 heteroatoms. The van der Waals surface area contributed by atoms with Crippen LogP contribution in [0.1, 0.15) is 19.3 Å². The quantitative estimate of drug-likeness (QED) is 0.278. The van der Waals surface area contributed by atoms with Gasteiger partial charge in [0.15, 0.2) is 0 Å². The van der Waals surface area contributed by atoms with Gasteiger partial charge in [-0.2, -0.15) is 0 Å². The van der Waals surface area contributed by atoms with Gasteiger partial charge in [-0.1, -0.05) is 0 Å². The third kappa shape index (κ3) is 1.43. The average Bonchev–Trinajstić information content (AvgIpc) is 2.13. The van der Waals surface area contributed by atoms with Crippen LogP contribution in [0.15, 0.2) is 5.10 Å². The van der Waals surface area contributed by atoms with E-state index in [-0.39, 0.29) is 0 Å². The molecule has 1 fully saturated rings. The van der Waals surface area contributed by atoms with Crippen LogP contribution in [0.3, 0.4) is 0 Å². The lowest BCUT2D eigenvalue weighted by atomic mass is 10.2. The Kier molecular flexibility index (Phi) is 2.20. The van der Waals surface area contributed by atoms with Gasteiger partial charge < -0.3 is 0 Å². The fourth-order valence-electron chi connectivity index (χ4n) is 0.899. The summed E-state index contributed by atoms with van der Waals surface area (Å²) in [5.74, 6) is 5.36. The minimum absolute atomic E-state index is 0.387. The molecule has 56 valence electrons. The van der Waals surface area contributed by atoms with E-state index in [0.717, 1.165) is 12.8 Å². The summed E-state index contributed by atoms with van der Waals surface area (Å²) in [6.45, 7) is 0.711. The maximum absolute atomic E-state index is 10.8. The number of nitroso groups, excluding NO2 is 1. The monoisotopic (exact) mass is 143 g/mol. The largest absolute Gasteiger partial charge is 0.388 e. The topological polar surface area (TPSA) is 70.5 Å². The Labute approximate surface area is 58.8 Å². The zero-order valence-corrected chi connectivity index (χ0v) is 5.71. The van der Waals surface area contributed by atoms with Crippen molar-refractivity contribution in [2.45, 2.75) is 19.3 Å². The third-order valence-corrected chi connectivity index (χ3v) is 1.47. The van der Waals surface area contributed by atoms with Gasteiger partial charge in [-0.25, -0.2) is 11.3 Å². The van der Waals surface area contributed by atoms with Crippen molar-refractivity contribution < 1.29 is 4.87 Å². The van der Waals surface area contributed by atoms with Crippen molar-refractivity contribution in [3.05, 3.63) is 4.91 Å². The molecular weight excluding hydrogens is 132 g/mol. The van der Waals surface area contributed by atoms with Crippen LogP contribution in [0.2, 0.25) is 0 Å². The molecule has 1 aliphatic heterocycles. The number of amidine groups is 1. The molecule has 0 aliphatic carbocycles. The van der Waals surface area contributed by atoms with Gasteiger partial charge in [-0.15, -0.1) is 0 Å². The van der Waals surface area contributed by atoms with Crippen molar-refractivity contribution in [1.82, 2.24) is 5.43 Å². The zero-order valence-electron chi connectivity index (χ0n) is 5.71. The first-order chi connectivity index (χ1) is 4.84. The second-order valence-electron chi connectivity index (χ2n) is 2.20. The van der Waals surface area contributed by atoms with Gasteiger partial charge in [0.25, 0.3) is 0 Å². The fourth-order valence-corrected chi connectivity index (χ4v) is 0.899. The molecule has 1 aliphatic rings. The maximum Gasteiger partial charge on any atom is 0.388 e. The number of nitrogens with one attached hydrogen (secondary N) is 1. The van der Waals surface area contributed by atoms with Gasteiger partial charge in [0.05, 0.1) is 17.8 Å². The highest BCUT2D eigenvalue weighted by molar-refractivity contribution is 5.73. The first kappa shape index (κ1) is 6.98. The van der Waals surface area contributed by atoms with Crippen molar-refractivity contribution >= 4 is 5.84 Å². The lowest BCUT2D eigenvalue weighted by molar-refractivity contribution is -0.499. The van der Waals surface area contributed by atoms with E-state index in [2.05, 4.69) is 10.5 Å². The predicted molar refractivity (Wildman–Crippen MR) is 37.1 cm³/mol. The van der Waals surface area contributed by atoms with Crippen LogP contribution in [0.4, 0.5) is 0 Å². The first-order valence-electron chi connectivity index (χ1n) is 3.32. The number of hydrogen-bond acceptors (Lipinski definition) is 3. The Morgan fingerprint density at radius 2 is 2.40 bits per heavy atom. The van der Waals surface area contributed by atoms with Gasteiger partial charge >= 0.3 is 5.84 Å². The van der Waals surface area contributed by atoms with Crippen molar-refractivity contribution in [3.8, 4) is 0 Å². The number of nitrogens with zero attached hydrogens (tertiary/aromatic N) is 2. The second kappa shape index (κ2) is 3.14. The summed E-state index contributed by atoms with van der Waals surface area (Å²) in [6.07, 6.45) is 2.65. The smallest absolute Gasteiger partial charge is 0.231 e. The summed E-state index contributed by atoms with van der Waals surface area (Å²) in [5.41, 5.74) is 2.61. The molecule has 0 radical (unpaired) electrons. The highest BCUT2D eigenvalue weighted by Gasteiger charge is 2.20. The van der Waals surface area contributed by atoms with Crippen molar-refractivity contribution in [2.75, 3.05) is 6.54 Å². The number of nitrogens with two attached hydrogens (primary N) is 1. The summed E-state index contributed by atoms with van der Waals surface area (Å²) in [6, 6.07) is 0. The summed E-state index contributed by atoms with van der Waals surface area (Å²) in [4.78, 5) is 11.5. The highest BCUT2D eigenvalue weighted by atomic mass is 16.3. The minimum atomic E-state index is 0.387. The first-order valence-corrected chi connectivity index (χ1v) is 3.32. The van der Waals surface area contributed by atoms with Crippen molar-refractivity contribution in [3.63, 3.8) is 0 Å². The SMILES string of the molecule is NN=C1CCCCN[N+]1=O. The molecule has 1 heterocycles. The molecule has 3 N–H and O–H groups in total. The van der Waals surface area contributed by atoms with Gasteiger partial charge in [0, 0.05) is 5.10 Å². The molecule has 0 spiro atoms. The molecule has 0 unspecified atom stereocenters. The van der Waals surface area contributed by atoms with E-state index >= 15 is 0 Å². The zero-order chi connectivity index (χ0) is 7.40. The van der Waals surface area contributed by atoms with Crippen LogP contribution in [-0.4, -0.2) is 17.2 Å². The van der Waals surface area contributed by atoms with Crippen LogP contribution in [-0.2, 0) is 0 Å². The van der Waals surface area contributed by atoms with Gasteiger partial charge in [0.1, 0.15) is 0 Å². The Balaban J connectivity index is 2.61. The molecule has 0 aromatic rings. The van der Waals surface area contributed by atoms with E-state index in [1.54, 1.807) is 0 Å². The maximum atomic E-state index is 10.8. The van der Waals surface area contributed by atoms with Crippen molar-refractivity contribution in [1.29, 1.82) is 0 Å². The number of hydrogen-bond donors (Lipinski definition) is 2. The number of hydrazine groups is 1. The van der Waals surface area contributed by atoms with Crippen LogP contribution in [0.5, 0.6) is 0 Å². The van der Waals surface area contributed by atoms with E-state index in [1.165, 1.54) is 0 Å². The Morgan fingerprint density at radius 3 is 3.10 bits per heavy atom. The molecule has 1 saturated heterocycles. The van der Waals surface area contributed by atoms with Gasteiger partial charge in [-0.3, -0.25) is 0 Å². The molecule has 0 atom stereocenters. The Bertz CT molecular complexity index is 165. The van der Waals surface area contributed by atoms with Crippen LogP contribution in [0.25, 0.3) is 0 Å². The highest BCUT2D eigenvalue weighted by Crippen LogP contribution is 2.00. The van der Waals surface area contributed by atoms with Crippen molar-refractivity contribution in [2.24, 2.45) is 10.9 Å². The van der Waals surface area contributed by atoms with E-state index in [4.69, 9.17) is 5.84 Å². The molecule has 5 nitrogen and oxygen atoms in total. The normalized spacial score (nSPS) is 24.0. The molecule has 0 bridgehead atoms. The van der Waals surface area contributed by atoms with Crippen LogP contribution in [0, 0.1) is 4.91 Å². The molecule has 0 aromatic carbocycles. The summed E-state index contributed by atoms with van der Waals surface area (Å²) in [5, 5.41) is 3.36. The summed E-state index contributed by atoms with van der Waals surface area (Å²) >= 11 is 0. The molecule has 0 aromatic heterocycles. The lowest BCUT2D eigenvalue weighted by Gasteiger charge is -1.90.